The monoisotopic (exact) mass is 347 g/mol. The second kappa shape index (κ2) is 4.46. The minimum atomic E-state index is -1.59. The summed E-state index contributed by atoms with van der Waals surface area (Å²) >= 11 is 6.17. The molecule has 0 unspecified atom stereocenters. The van der Waals surface area contributed by atoms with Crippen LogP contribution in [0.25, 0.3) is 0 Å². The average Bonchev–Trinajstić information content (AvgIpc) is 2.89. The molecule has 1 saturated carbocycles. The molecule has 3 aliphatic rings. The van der Waals surface area contributed by atoms with E-state index < -0.39 is 28.5 Å². The fourth-order valence-electron chi connectivity index (χ4n) is 4.18. The minimum absolute atomic E-state index is 0.0324. The molecule has 1 aromatic rings. The van der Waals surface area contributed by atoms with E-state index in [1.54, 1.807) is 6.92 Å². The molecule has 1 aliphatic carbocycles. The van der Waals surface area contributed by atoms with Gasteiger partial charge in [-0.15, -0.1) is 0 Å². The summed E-state index contributed by atoms with van der Waals surface area (Å²) in [4.78, 5) is 2.82. The molecule has 0 amide bonds. The van der Waals surface area contributed by atoms with Gasteiger partial charge in [-0.2, -0.15) is 10.5 Å². The SMILES string of the molecule is C[C@H]1CO[C@@]2([NH+]=C(N)[C@@]3(C#N)[C@@H](c4c(F)cccc4Cl)[C@@]23C#N)O1. The van der Waals surface area contributed by atoms with Crippen molar-refractivity contribution in [2.45, 2.75) is 24.9 Å². The summed E-state index contributed by atoms with van der Waals surface area (Å²) in [5, 5.41) is 19.9. The highest BCUT2D eigenvalue weighted by Crippen LogP contribution is 2.79. The molecule has 1 spiro atoms. The first kappa shape index (κ1) is 15.3. The highest BCUT2D eigenvalue weighted by molar-refractivity contribution is 6.31. The van der Waals surface area contributed by atoms with Crippen molar-refractivity contribution >= 4 is 17.4 Å². The molecule has 0 bridgehead atoms. The van der Waals surface area contributed by atoms with Gasteiger partial charge < -0.3 is 9.47 Å². The predicted octanol–water partition coefficient (Wildman–Crippen LogP) is 0.137. The number of halogens is 2. The highest BCUT2D eigenvalue weighted by atomic mass is 35.5. The molecule has 2 aliphatic heterocycles. The molecular weight excluding hydrogens is 335 g/mol. The summed E-state index contributed by atoms with van der Waals surface area (Å²) in [6.07, 6.45) is -0.303. The summed E-state index contributed by atoms with van der Waals surface area (Å²) in [7, 11) is 0. The molecule has 6 nitrogen and oxygen atoms in total. The first-order chi connectivity index (χ1) is 11.4. The minimum Gasteiger partial charge on any atom is -0.311 e. The zero-order chi connectivity index (χ0) is 17.3. The molecule has 122 valence electrons. The Morgan fingerprint density at radius 3 is 2.71 bits per heavy atom. The highest BCUT2D eigenvalue weighted by Gasteiger charge is 2.98. The van der Waals surface area contributed by atoms with Crippen LogP contribution in [0.1, 0.15) is 18.4 Å². The van der Waals surface area contributed by atoms with Gasteiger partial charge in [0.05, 0.1) is 30.8 Å². The lowest BCUT2D eigenvalue weighted by molar-refractivity contribution is -0.677. The van der Waals surface area contributed by atoms with Crippen LogP contribution in [0.4, 0.5) is 4.39 Å². The number of nitriles is 2. The Morgan fingerprint density at radius 1 is 1.42 bits per heavy atom. The maximum atomic E-state index is 14.5. The predicted molar refractivity (Wildman–Crippen MR) is 79.6 cm³/mol. The number of hydrogen-bond donors (Lipinski definition) is 2. The lowest BCUT2D eigenvalue weighted by atomic mass is 9.93. The van der Waals surface area contributed by atoms with Crippen molar-refractivity contribution in [2.75, 3.05) is 6.61 Å². The van der Waals surface area contributed by atoms with E-state index in [0.717, 1.165) is 0 Å². The van der Waals surface area contributed by atoms with E-state index in [2.05, 4.69) is 17.1 Å². The van der Waals surface area contributed by atoms with Crippen LogP contribution in [0.15, 0.2) is 18.2 Å². The lowest BCUT2D eigenvalue weighted by Crippen LogP contribution is -2.90. The van der Waals surface area contributed by atoms with Gasteiger partial charge in [0.2, 0.25) is 0 Å². The van der Waals surface area contributed by atoms with E-state index in [1.807, 2.05) is 0 Å². The van der Waals surface area contributed by atoms with E-state index in [1.165, 1.54) is 18.2 Å². The molecule has 2 heterocycles. The Morgan fingerprint density at radius 2 is 2.17 bits per heavy atom. The number of fused-ring (bicyclic) bond motifs is 2. The Hall–Kier alpha value is -2.19. The van der Waals surface area contributed by atoms with Crippen LogP contribution in [0.3, 0.4) is 0 Å². The summed E-state index contributed by atoms with van der Waals surface area (Å²) in [6, 6.07) is 8.44. The smallest absolute Gasteiger partial charge is 0.311 e. The van der Waals surface area contributed by atoms with Gasteiger partial charge in [-0.3, -0.25) is 5.73 Å². The molecule has 1 aromatic carbocycles. The third-order valence-electron chi connectivity index (χ3n) is 5.18. The molecular formula is C16H13ClFN4O2+. The Kier molecular flexibility index (Phi) is 2.85. The first-order valence-electron chi connectivity index (χ1n) is 7.39. The van der Waals surface area contributed by atoms with Crippen molar-refractivity contribution in [3.63, 3.8) is 0 Å². The molecule has 1 saturated heterocycles. The molecule has 0 radical (unpaired) electrons. The fourth-order valence-corrected chi connectivity index (χ4v) is 4.46. The van der Waals surface area contributed by atoms with Crippen molar-refractivity contribution in [3.05, 3.63) is 34.6 Å². The van der Waals surface area contributed by atoms with Gasteiger partial charge in [-0.25, -0.2) is 9.38 Å². The second-order valence-electron chi connectivity index (χ2n) is 6.30. The van der Waals surface area contributed by atoms with Crippen LogP contribution in [0.5, 0.6) is 0 Å². The maximum Gasteiger partial charge on any atom is 0.343 e. The van der Waals surface area contributed by atoms with Gasteiger partial charge in [0.25, 0.3) is 5.84 Å². The van der Waals surface area contributed by atoms with Gasteiger partial charge in [0.15, 0.2) is 10.8 Å². The Labute approximate surface area is 142 Å². The van der Waals surface area contributed by atoms with Crippen molar-refractivity contribution < 1.29 is 18.9 Å². The van der Waals surface area contributed by atoms with E-state index in [0.29, 0.717) is 0 Å². The summed E-state index contributed by atoms with van der Waals surface area (Å²) < 4.78 is 26.0. The fraction of sp³-hybridized carbons (Fsp3) is 0.438. The van der Waals surface area contributed by atoms with Crippen molar-refractivity contribution in [3.8, 4) is 12.1 Å². The van der Waals surface area contributed by atoms with E-state index >= 15 is 0 Å². The summed E-state index contributed by atoms with van der Waals surface area (Å²) in [6.45, 7) is 2.00. The maximum absolute atomic E-state index is 14.5. The third kappa shape index (κ3) is 1.36. The molecule has 5 atom stereocenters. The zero-order valence-corrected chi connectivity index (χ0v) is 13.4. The van der Waals surface area contributed by atoms with Gasteiger partial charge >= 0.3 is 5.91 Å². The largest absolute Gasteiger partial charge is 0.343 e. The number of benzene rings is 1. The Bertz CT molecular complexity index is 858. The average molecular weight is 348 g/mol. The van der Waals surface area contributed by atoms with Crippen LogP contribution in [-0.2, 0) is 9.47 Å². The van der Waals surface area contributed by atoms with Crippen LogP contribution in [-0.4, -0.2) is 24.5 Å². The number of rotatable bonds is 1. The molecule has 3 N–H and O–H groups in total. The van der Waals surface area contributed by atoms with Crippen LogP contribution in [0, 0.1) is 39.3 Å². The number of nitrogens with two attached hydrogens (primary N) is 1. The topological polar surface area (TPSA) is 106 Å². The molecule has 0 aromatic heterocycles. The van der Waals surface area contributed by atoms with Gasteiger partial charge in [-0.1, -0.05) is 17.7 Å². The van der Waals surface area contributed by atoms with Crippen LogP contribution in [0.2, 0.25) is 5.02 Å². The van der Waals surface area contributed by atoms with Crippen molar-refractivity contribution in [1.29, 1.82) is 10.5 Å². The summed E-state index contributed by atoms with van der Waals surface area (Å²) in [5.41, 5.74) is 3.15. The first-order valence-corrected chi connectivity index (χ1v) is 7.77. The standard InChI is InChI=1S/C16H12ClFN4O2/c1-8-5-23-16(24-8)15(7-20)12(14(15,6-19)13(21)22-16)11-9(17)3-2-4-10(11)18/h2-4,8,12H,5H2,1H3,(H2,21,22)/p+1/t8-,12+,14+,15+,16+/m0/s1. The van der Waals surface area contributed by atoms with Crippen LogP contribution >= 0.6 is 11.6 Å². The number of nitrogens with zero attached hydrogens (tertiary/aromatic N) is 2. The third-order valence-corrected chi connectivity index (χ3v) is 5.51. The quantitative estimate of drug-likeness (QED) is 0.751. The number of nitrogens with one attached hydrogen (secondary N) is 1. The van der Waals surface area contributed by atoms with E-state index in [9.17, 15) is 14.9 Å². The van der Waals surface area contributed by atoms with Gasteiger partial charge in [-0.05, 0) is 19.1 Å². The van der Waals surface area contributed by atoms with Crippen LogP contribution < -0.4 is 10.7 Å². The van der Waals surface area contributed by atoms with Crippen molar-refractivity contribution in [1.82, 2.24) is 0 Å². The van der Waals surface area contributed by atoms with E-state index in [4.69, 9.17) is 26.8 Å². The number of ether oxygens (including phenoxy) is 2. The number of hydrogen-bond acceptors (Lipinski definition) is 5. The zero-order valence-electron chi connectivity index (χ0n) is 12.6. The van der Waals surface area contributed by atoms with Gasteiger partial charge in [0, 0.05) is 10.6 Å². The Balaban J connectivity index is 1.98. The molecule has 24 heavy (non-hydrogen) atoms. The van der Waals surface area contributed by atoms with Crippen molar-refractivity contribution in [2.24, 2.45) is 16.6 Å². The van der Waals surface area contributed by atoms with Gasteiger partial charge in [0.1, 0.15) is 5.82 Å². The normalized spacial score (nSPS) is 42.3. The molecule has 8 heteroatoms. The lowest BCUT2D eigenvalue weighted by Gasteiger charge is -2.24. The second-order valence-corrected chi connectivity index (χ2v) is 6.71. The van der Waals surface area contributed by atoms with E-state index in [-0.39, 0.29) is 29.1 Å². The molecule has 4 rings (SSSR count). The molecule has 2 fully saturated rings. The number of amidine groups is 1. The summed E-state index contributed by atoms with van der Waals surface area (Å²) in [5.74, 6) is -3.04.